The van der Waals surface area contributed by atoms with Gasteiger partial charge >= 0.3 is 6.09 Å². The van der Waals surface area contributed by atoms with E-state index >= 15 is 0 Å². The minimum atomic E-state index is -0.948. The molecule has 24 heavy (non-hydrogen) atoms. The van der Waals surface area contributed by atoms with Crippen LogP contribution in [0.1, 0.15) is 17.2 Å². The van der Waals surface area contributed by atoms with E-state index in [-0.39, 0.29) is 12.3 Å². The van der Waals surface area contributed by atoms with Crippen LogP contribution in [-0.2, 0) is 20.7 Å². The minimum Gasteiger partial charge on any atom is -0.431 e. The highest BCUT2D eigenvalue weighted by molar-refractivity contribution is 6.30. The van der Waals surface area contributed by atoms with Gasteiger partial charge in [0.1, 0.15) is 0 Å². The van der Waals surface area contributed by atoms with Gasteiger partial charge in [-0.1, -0.05) is 35.9 Å². The molecule has 1 aliphatic heterocycles. The fraction of sp³-hybridized carbons (Fsp3) is 0.118. The van der Waals surface area contributed by atoms with Gasteiger partial charge in [0, 0.05) is 16.3 Å². The number of hydrogen-bond acceptors (Lipinski definition) is 4. The maximum Gasteiger partial charge on any atom is 0.415 e. The van der Waals surface area contributed by atoms with Crippen LogP contribution in [0.25, 0.3) is 0 Å². The first kappa shape index (κ1) is 16.0. The highest BCUT2D eigenvalue weighted by Crippen LogP contribution is 2.23. The summed E-state index contributed by atoms with van der Waals surface area (Å²) in [6.45, 7) is 0. The average molecular weight is 345 g/mol. The molecule has 6 nitrogen and oxygen atoms in total. The Morgan fingerprint density at radius 1 is 1.08 bits per heavy atom. The quantitative estimate of drug-likeness (QED) is 0.893. The number of alkyl carbamates (subject to hydrolysis) is 1. The fourth-order valence-electron chi connectivity index (χ4n) is 2.31. The van der Waals surface area contributed by atoms with E-state index in [0.717, 1.165) is 5.56 Å². The summed E-state index contributed by atoms with van der Waals surface area (Å²) in [5, 5.41) is 5.44. The standard InChI is InChI=1S/C17H13ClN2O4/c18-12-5-1-10(2-6-12)9-14(21)19-13-7-3-11(4-8-13)15-16(22)20-17(23)24-15/h1-8,15H,9H2,(H,19,21)(H,20,22,23). The predicted molar refractivity (Wildman–Crippen MR) is 87.6 cm³/mol. The van der Waals surface area contributed by atoms with Gasteiger partial charge in [0.2, 0.25) is 12.0 Å². The van der Waals surface area contributed by atoms with Crippen molar-refractivity contribution < 1.29 is 19.1 Å². The van der Waals surface area contributed by atoms with Crippen LogP contribution in [-0.4, -0.2) is 17.9 Å². The first-order valence-corrected chi connectivity index (χ1v) is 7.55. The van der Waals surface area contributed by atoms with Crippen LogP contribution in [0.2, 0.25) is 5.02 Å². The Balaban J connectivity index is 1.61. The molecule has 1 unspecified atom stereocenters. The Hall–Kier alpha value is -2.86. The van der Waals surface area contributed by atoms with E-state index in [1.807, 2.05) is 0 Å². The average Bonchev–Trinajstić information content (AvgIpc) is 2.89. The Labute approximate surface area is 142 Å². The molecule has 0 aromatic heterocycles. The topological polar surface area (TPSA) is 84.5 Å². The molecule has 0 aliphatic carbocycles. The molecule has 1 aliphatic rings. The second-order valence-corrected chi connectivity index (χ2v) is 5.68. The van der Waals surface area contributed by atoms with Crippen molar-refractivity contribution in [2.75, 3.05) is 5.32 Å². The number of rotatable bonds is 4. The molecule has 1 saturated heterocycles. The predicted octanol–water partition coefficient (Wildman–Crippen LogP) is 2.83. The lowest BCUT2D eigenvalue weighted by Crippen LogP contribution is -2.20. The Bertz CT molecular complexity index is 787. The van der Waals surface area contributed by atoms with Crippen LogP contribution in [0.3, 0.4) is 0 Å². The maximum absolute atomic E-state index is 12.0. The van der Waals surface area contributed by atoms with E-state index in [0.29, 0.717) is 16.3 Å². The van der Waals surface area contributed by atoms with E-state index < -0.39 is 18.1 Å². The third kappa shape index (κ3) is 3.72. The summed E-state index contributed by atoms with van der Waals surface area (Å²) < 4.78 is 4.87. The molecule has 2 aromatic rings. The van der Waals surface area contributed by atoms with Crippen LogP contribution in [0.5, 0.6) is 0 Å². The highest BCUT2D eigenvalue weighted by atomic mass is 35.5. The number of ether oxygens (including phenoxy) is 1. The smallest absolute Gasteiger partial charge is 0.415 e. The van der Waals surface area contributed by atoms with E-state index in [2.05, 4.69) is 10.6 Å². The normalized spacial score (nSPS) is 16.5. The van der Waals surface area contributed by atoms with Crippen molar-refractivity contribution in [3.8, 4) is 0 Å². The lowest BCUT2D eigenvalue weighted by atomic mass is 10.1. The van der Waals surface area contributed by atoms with Crippen molar-refractivity contribution >= 4 is 35.2 Å². The second-order valence-electron chi connectivity index (χ2n) is 5.25. The number of carbonyl (C=O) groups excluding carboxylic acids is 3. The zero-order valence-electron chi connectivity index (χ0n) is 12.4. The van der Waals surface area contributed by atoms with E-state index in [4.69, 9.17) is 16.3 Å². The number of hydrogen-bond donors (Lipinski definition) is 2. The van der Waals surface area contributed by atoms with Crippen molar-refractivity contribution in [3.05, 3.63) is 64.7 Å². The van der Waals surface area contributed by atoms with Gasteiger partial charge in [-0.2, -0.15) is 0 Å². The summed E-state index contributed by atoms with van der Waals surface area (Å²) >= 11 is 5.81. The molecule has 0 spiro atoms. The first-order chi connectivity index (χ1) is 11.5. The molecule has 0 radical (unpaired) electrons. The van der Waals surface area contributed by atoms with Crippen LogP contribution in [0, 0.1) is 0 Å². The molecule has 3 rings (SSSR count). The molecule has 0 bridgehead atoms. The summed E-state index contributed by atoms with van der Waals surface area (Å²) in [6, 6.07) is 13.6. The molecule has 2 N–H and O–H groups in total. The van der Waals surface area contributed by atoms with Gasteiger partial charge in [0.25, 0.3) is 5.91 Å². The number of imide groups is 1. The van der Waals surface area contributed by atoms with E-state index in [1.165, 1.54) is 0 Å². The highest BCUT2D eigenvalue weighted by Gasteiger charge is 2.33. The summed E-state index contributed by atoms with van der Waals surface area (Å²) in [5.74, 6) is -0.672. The van der Waals surface area contributed by atoms with Crippen molar-refractivity contribution in [2.45, 2.75) is 12.5 Å². The summed E-state index contributed by atoms with van der Waals surface area (Å²) in [5.41, 5.74) is 1.97. The maximum atomic E-state index is 12.0. The lowest BCUT2D eigenvalue weighted by molar-refractivity contribution is -0.123. The largest absolute Gasteiger partial charge is 0.431 e. The van der Waals surface area contributed by atoms with Crippen molar-refractivity contribution in [1.82, 2.24) is 5.32 Å². The number of benzene rings is 2. The molecule has 1 atom stereocenters. The van der Waals surface area contributed by atoms with Crippen LogP contribution >= 0.6 is 11.6 Å². The monoisotopic (exact) mass is 344 g/mol. The summed E-state index contributed by atoms with van der Waals surface area (Å²) in [4.78, 5) is 34.6. The molecule has 3 amide bonds. The number of anilines is 1. The molecule has 122 valence electrons. The van der Waals surface area contributed by atoms with Gasteiger partial charge in [-0.25, -0.2) is 4.79 Å². The first-order valence-electron chi connectivity index (χ1n) is 7.17. The molecule has 1 fully saturated rings. The van der Waals surface area contributed by atoms with Crippen molar-refractivity contribution in [3.63, 3.8) is 0 Å². The van der Waals surface area contributed by atoms with Gasteiger partial charge in [0.05, 0.1) is 6.42 Å². The molecule has 1 heterocycles. The number of carbonyl (C=O) groups is 3. The lowest BCUT2D eigenvalue weighted by Gasteiger charge is -2.09. The van der Waals surface area contributed by atoms with Gasteiger partial charge in [-0.15, -0.1) is 0 Å². The van der Waals surface area contributed by atoms with Gasteiger partial charge < -0.3 is 10.1 Å². The minimum absolute atomic E-state index is 0.171. The zero-order chi connectivity index (χ0) is 17.1. The Kier molecular flexibility index (Phi) is 4.48. The zero-order valence-corrected chi connectivity index (χ0v) is 13.2. The summed E-state index contributed by atoms with van der Waals surface area (Å²) in [7, 11) is 0. The molecular weight excluding hydrogens is 332 g/mol. The number of nitrogens with one attached hydrogen (secondary N) is 2. The molecule has 0 saturated carbocycles. The number of cyclic esters (lactones) is 1. The Morgan fingerprint density at radius 2 is 1.75 bits per heavy atom. The number of halogens is 1. The number of amides is 3. The van der Waals surface area contributed by atoms with Crippen molar-refractivity contribution in [1.29, 1.82) is 0 Å². The van der Waals surface area contributed by atoms with E-state index in [1.54, 1.807) is 48.5 Å². The fourth-order valence-corrected chi connectivity index (χ4v) is 2.44. The third-order valence-corrected chi connectivity index (χ3v) is 3.72. The van der Waals surface area contributed by atoms with Crippen LogP contribution < -0.4 is 10.6 Å². The van der Waals surface area contributed by atoms with Crippen molar-refractivity contribution in [2.24, 2.45) is 0 Å². The van der Waals surface area contributed by atoms with E-state index in [9.17, 15) is 14.4 Å². The Morgan fingerprint density at radius 3 is 2.33 bits per heavy atom. The molecule has 7 heteroatoms. The van der Waals surface area contributed by atoms with Crippen LogP contribution in [0.15, 0.2) is 48.5 Å². The molecule has 2 aromatic carbocycles. The second kappa shape index (κ2) is 6.72. The van der Waals surface area contributed by atoms with Crippen LogP contribution in [0.4, 0.5) is 10.5 Å². The van der Waals surface area contributed by atoms with Gasteiger partial charge in [-0.05, 0) is 29.8 Å². The van der Waals surface area contributed by atoms with Gasteiger partial charge in [-0.3, -0.25) is 14.9 Å². The summed E-state index contributed by atoms with van der Waals surface area (Å²) in [6.07, 6.45) is -1.48. The SMILES string of the molecule is O=C(Cc1ccc(Cl)cc1)Nc1ccc(C2OC(=O)NC2=O)cc1. The van der Waals surface area contributed by atoms with Gasteiger partial charge in [0.15, 0.2) is 0 Å². The molecular formula is C17H13ClN2O4. The third-order valence-electron chi connectivity index (χ3n) is 3.46.